The van der Waals surface area contributed by atoms with Crippen LogP contribution in [0.2, 0.25) is 0 Å². The van der Waals surface area contributed by atoms with Crippen molar-refractivity contribution in [3.05, 3.63) is 58.8 Å². The lowest BCUT2D eigenvalue weighted by Gasteiger charge is -2.10. The second-order valence-corrected chi connectivity index (χ2v) is 7.09. The smallest absolute Gasteiger partial charge is 0.340 e. The molecule has 1 heterocycles. The molecule has 0 N–H and O–H groups in total. The van der Waals surface area contributed by atoms with Gasteiger partial charge >= 0.3 is 10.1 Å². The summed E-state index contributed by atoms with van der Waals surface area (Å²) in [6, 6.07) is 11.4. The number of benzene rings is 2. The molecule has 3 rings (SSSR count). The highest BCUT2D eigenvalue weighted by molar-refractivity contribution is 9.10. The summed E-state index contributed by atoms with van der Waals surface area (Å²) >= 11 is 3.25. The van der Waals surface area contributed by atoms with Crippen LogP contribution in [0, 0.1) is 6.92 Å². The molecular weight excluding hydrogens is 384 g/mol. The van der Waals surface area contributed by atoms with Gasteiger partial charge in [0.1, 0.15) is 17.0 Å². The van der Waals surface area contributed by atoms with Crippen LogP contribution in [0.5, 0.6) is 5.75 Å². The predicted octanol–water partition coefficient (Wildman–Crippen LogP) is 2.50. The number of halogens is 1. The summed E-state index contributed by atoms with van der Waals surface area (Å²) in [5.74, 6) is 0.172. The molecule has 0 saturated heterocycles. The van der Waals surface area contributed by atoms with E-state index in [1.807, 2.05) is 6.92 Å². The van der Waals surface area contributed by atoms with Crippen molar-refractivity contribution in [1.82, 2.24) is 20.2 Å². The van der Waals surface area contributed by atoms with Gasteiger partial charge in [-0.2, -0.15) is 8.42 Å². The van der Waals surface area contributed by atoms with Crippen LogP contribution in [0.4, 0.5) is 0 Å². The van der Waals surface area contributed by atoms with Crippen LogP contribution in [0.15, 0.2) is 58.2 Å². The Kier molecular flexibility index (Phi) is 4.14. The van der Waals surface area contributed by atoms with Crippen molar-refractivity contribution < 1.29 is 12.6 Å². The van der Waals surface area contributed by atoms with Gasteiger partial charge in [0.2, 0.25) is 0 Å². The van der Waals surface area contributed by atoms with Crippen LogP contribution in [-0.2, 0) is 10.1 Å². The molecule has 3 aromatic rings. The Labute approximate surface area is 141 Å². The van der Waals surface area contributed by atoms with E-state index >= 15 is 0 Å². The Hall–Kier alpha value is -2.26. The van der Waals surface area contributed by atoms with Gasteiger partial charge in [0.05, 0.1) is 5.69 Å². The number of tetrazole rings is 1. The van der Waals surface area contributed by atoms with Gasteiger partial charge in [0.25, 0.3) is 0 Å². The lowest BCUT2D eigenvalue weighted by atomic mass is 10.2. The third-order valence-corrected chi connectivity index (χ3v) is 5.22. The van der Waals surface area contributed by atoms with Crippen molar-refractivity contribution in [2.75, 3.05) is 0 Å². The second-order valence-electron chi connectivity index (χ2n) is 4.72. The minimum Gasteiger partial charge on any atom is -0.379 e. The van der Waals surface area contributed by atoms with E-state index < -0.39 is 10.1 Å². The van der Waals surface area contributed by atoms with Crippen molar-refractivity contribution in [2.45, 2.75) is 11.8 Å². The van der Waals surface area contributed by atoms with Gasteiger partial charge < -0.3 is 4.18 Å². The van der Waals surface area contributed by atoms with Crippen LogP contribution >= 0.6 is 15.9 Å². The summed E-state index contributed by atoms with van der Waals surface area (Å²) in [6.07, 6.45) is 1.41. The molecule has 0 atom stereocenters. The van der Waals surface area contributed by atoms with Crippen LogP contribution in [-0.4, -0.2) is 28.6 Å². The van der Waals surface area contributed by atoms with Gasteiger partial charge in [-0.05, 0) is 63.1 Å². The summed E-state index contributed by atoms with van der Waals surface area (Å²) < 4.78 is 31.9. The Morgan fingerprint density at radius 1 is 1.17 bits per heavy atom. The van der Waals surface area contributed by atoms with E-state index in [4.69, 9.17) is 4.18 Å². The van der Waals surface area contributed by atoms with Gasteiger partial charge in [-0.1, -0.05) is 12.1 Å². The van der Waals surface area contributed by atoms with Crippen LogP contribution < -0.4 is 4.18 Å². The molecule has 0 aliphatic rings. The molecule has 23 heavy (non-hydrogen) atoms. The van der Waals surface area contributed by atoms with Gasteiger partial charge in [0.15, 0.2) is 0 Å². The molecule has 0 spiro atoms. The summed E-state index contributed by atoms with van der Waals surface area (Å²) in [5.41, 5.74) is 1.53. The van der Waals surface area contributed by atoms with E-state index in [1.165, 1.54) is 23.1 Å². The molecule has 0 aliphatic carbocycles. The maximum absolute atomic E-state index is 12.4. The quantitative estimate of drug-likeness (QED) is 0.631. The summed E-state index contributed by atoms with van der Waals surface area (Å²) in [6.45, 7) is 1.87. The highest BCUT2D eigenvalue weighted by atomic mass is 79.9. The summed E-state index contributed by atoms with van der Waals surface area (Å²) in [5, 5.41) is 10.8. The first-order chi connectivity index (χ1) is 11.0. The van der Waals surface area contributed by atoms with Gasteiger partial charge in [-0.3, -0.25) is 0 Å². The van der Waals surface area contributed by atoms with Crippen molar-refractivity contribution in [3.63, 3.8) is 0 Å². The summed E-state index contributed by atoms with van der Waals surface area (Å²) in [7, 11) is -3.95. The fourth-order valence-electron chi connectivity index (χ4n) is 1.94. The monoisotopic (exact) mass is 394 g/mol. The number of nitrogens with zero attached hydrogens (tertiary/aromatic N) is 4. The molecule has 1 aromatic heterocycles. The molecule has 0 unspecified atom stereocenters. The van der Waals surface area contributed by atoms with E-state index in [-0.39, 0.29) is 10.6 Å². The third-order valence-electron chi connectivity index (χ3n) is 2.99. The van der Waals surface area contributed by atoms with Gasteiger partial charge in [-0.15, -0.1) is 5.10 Å². The first-order valence-corrected chi connectivity index (χ1v) is 8.70. The SMILES string of the molecule is Cc1ccc(S(=O)(=O)Oc2cccc(-n3cnnn3)c2)c(Br)c1. The average Bonchev–Trinajstić information content (AvgIpc) is 3.00. The van der Waals surface area contributed by atoms with E-state index in [0.717, 1.165) is 5.56 Å². The maximum atomic E-state index is 12.4. The standard InChI is InChI=1S/C14H11BrN4O3S/c1-10-5-6-14(13(15)7-10)23(20,21)22-12-4-2-3-11(8-12)19-9-16-17-18-19/h2-9H,1H3. The van der Waals surface area contributed by atoms with Crippen LogP contribution in [0.25, 0.3) is 5.69 Å². The molecule has 2 aromatic carbocycles. The zero-order valence-electron chi connectivity index (χ0n) is 11.9. The molecule has 118 valence electrons. The highest BCUT2D eigenvalue weighted by Crippen LogP contribution is 2.27. The van der Waals surface area contributed by atoms with Gasteiger partial charge in [0, 0.05) is 10.5 Å². The normalized spacial score (nSPS) is 11.4. The lowest BCUT2D eigenvalue weighted by Crippen LogP contribution is -2.11. The number of aromatic nitrogens is 4. The minimum atomic E-state index is -3.95. The van der Waals surface area contributed by atoms with E-state index in [9.17, 15) is 8.42 Å². The molecule has 0 radical (unpaired) electrons. The predicted molar refractivity (Wildman–Crippen MR) is 85.8 cm³/mol. The Balaban J connectivity index is 1.93. The molecule has 0 amide bonds. The van der Waals surface area contributed by atoms with E-state index in [2.05, 4.69) is 31.5 Å². The van der Waals surface area contributed by atoms with Crippen molar-refractivity contribution in [1.29, 1.82) is 0 Å². The minimum absolute atomic E-state index is 0.0657. The number of hydrogen-bond acceptors (Lipinski definition) is 6. The Bertz CT molecular complexity index is 942. The zero-order chi connectivity index (χ0) is 16.4. The van der Waals surface area contributed by atoms with Crippen LogP contribution in [0.1, 0.15) is 5.56 Å². The fourth-order valence-corrected chi connectivity index (χ4v) is 4.00. The largest absolute Gasteiger partial charge is 0.379 e. The lowest BCUT2D eigenvalue weighted by molar-refractivity contribution is 0.485. The van der Waals surface area contributed by atoms with Gasteiger partial charge in [-0.25, -0.2) is 4.68 Å². The molecule has 0 saturated carbocycles. The molecule has 0 bridgehead atoms. The highest BCUT2D eigenvalue weighted by Gasteiger charge is 2.20. The Morgan fingerprint density at radius 2 is 2.00 bits per heavy atom. The first kappa shape index (κ1) is 15.6. The second kappa shape index (κ2) is 6.09. The maximum Gasteiger partial charge on any atom is 0.340 e. The first-order valence-electron chi connectivity index (χ1n) is 6.50. The molecule has 0 fully saturated rings. The van der Waals surface area contributed by atoms with Crippen molar-refractivity contribution in [2.24, 2.45) is 0 Å². The molecule has 9 heteroatoms. The van der Waals surface area contributed by atoms with E-state index in [0.29, 0.717) is 10.2 Å². The number of aryl methyl sites for hydroxylation is 1. The molecule has 7 nitrogen and oxygen atoms in total. The summed E-state index contributed by atoms with van der Waals surface area (Å²) in [4.78, 5) is 0.0657. The molecular formula is C14H11BrN4O3S. The molecule has 0 aliphatic heterocycles. The number of hydrogen-bond donors (Lipinski definition) is 0. The van der Waals surface area contributed by atoms with Crippen molar-refractivity contribution >= 4 is 26.0 Å². The topological polar surface area (TPSA) is 87.0 Å². The zero-order valence-corrected chi connectivity index (χ0v) is 14.3. The third kappa shape index (κ3) is 3.40. The van der Waals surface area contributed by atoms with Crippen molar-refractivity contribution in [3.8, 4) is 11.4 Å². The number of rotatable bonds is 4. The average molecular weight is 395 g/mol. The Morgan fingerprint density at radius 3 is 2.70 bits per heavy atom. The fraction of sp³-hybridized carbons (Fsp3) is 0.0714. The van der Waals surface area contributed by atoms with E-state index in [1.54, 1.807) is 30.3 Å². The van der Waals surface area contributed by atoms with Crippen LogP contribution in [0.3, 0.4) is 0 Å².